The molecule has 2 nitrogen and oxygen atoms in total. The Morgan fingerprint density at radius 3 is 2.65 bits per heavy atom. The van der Waals surface area contributed by atoms with E-state index >= 15 is 0 Å². The molecular formula is C14H21FN2. The Hall–Kier alpha value is -0.930. The van der Waals surface area contributed by atoms with Gasteiger partial charge in [-0.3, -0.25) is 4.90 Å². The molecule has 0 unspecified atom stereocenters. The first kappa shape index (κ1) is 12.5. The molecule has 94 valence electrons. The highest BCUT2D eigenvalue weighted by Gasteiger charge is 2.17. The van der Waals surface area contributed by atoms with Crippen LogP contribution in [-0.4, -0.2) is 24.5 Å². The molecule has 1 aromatic rings. The van der Waals surface area contributed by atoms with E-state index in [2.05, 4.69) is 4.90 Å². The maximum absolute atomic E-state index is 13.4. The number of aryl methyl sites for hydroxylation is 1. The smallest absolute Gasteiger partial charge is 0.126 e. The minimum Gasteiger partial charge on any atom is -0.330 e. The van der Waals surface area contributed by atoms with Crippen LogP contribution in [0.5, 0.6) is 0 Å². The number of halogens is 1. The first-order chi connectivity index (χ1) is 8.19. The van der Waals surface area contributed by atoms with Gasteiger partial charge >= 0.3 is 0 Å². The molecular weight excluding hydrogens is 215 g/mol. The van der Waals surface area contributed by atoms with Crippen LogP contribution in [-0.2, 0) is 6.54 Å². The molecule has 0 atom stereocenters. The van der Waals surface area contributed by atoms with Crippen molar-refractivity contribution in [2.75, 3.05) is 19.6 Å². The summed E-state index contributed by atoms with van der Waals surface area (Å²) in [6, 6.07) is 5.54. The van der Waals surface area contributed by atoms with E-state index in [-0.39, 0.29) is 5.82 Å². The molecule has 0 aliphatic carbocycles. The summed E-state index contributed by atoms with van der Waals surface area (Å²) in [5.41, 5.74) is 7.46. The van der Waals surface area contributed by atoms with Crippen molar-refractivity contribution in [1.29, 1.82) is 0 Å². The van der Waals surface area contributed by atoms with Crippen LogP contribution in [0.2, 0.25) is 0 Å². The Balaban J connectivity index is 1.91. The molecule has 1 fully saturated rings. The van der Waals surface area contributed by atoms with Crippen LogP contribution in [0.15, 0.2) is 18.2 Å². The van der Waals surface area contributed by atoms with Gasteiger partial charge in [0.2, 0.25) is 0 Å². The van der Waals surface area contributed by atoms with Crippen molar-refractivity contribution in [3.05, 3.63) is 35.1 Å². The number of hydrogen-bond donors (Lipinski definition) is 1. The summed E-state index contributed by atoms with van der Waals surface area (Å²) in [6.07, 6.45) is 2.34. The largest absolute Gasteiger partial charge is 0.330 e. The molecule has 0 amide bonds. The zero-order valence-electron chi connectivity index (χ0n) is 10.5. The highest BCUT2D eigenvalue weighted by atomic mass is 19.1. The second-order valence-corrected chi connectivity index (χ2v) is 5.04. The van der Waals surface area contributed by atoms with Gasteiger partial charge in [-0.1, -0.05) is 12.1 Å². The predicted molar refractivity (Wildman–Crippen MR) is 68.2 cm³/mol. The average Bonchev–Trinajstić information content (AvgIpc) is 2.35. The summed E-state index contributed by atoms with van der Waals surface area (Å²) in [5.74, 6) is 0.584. The van der Waals surface area contributed by atoms with Crippen LogP contribution in [0.4, 0.5) is 4.39 Å². The van der Waals surface area contributed by atoms with E-state index < -0.39 is 0 Å². The van der Waals surface area contributed by atoms with Gasteiger partial charge in [-0.2, -0.15) is 0 Å². The first-order valence-electron chi connectivity index (χ1n) is 6.36. The van der Waals surface area contributed by atoms with Crippen LogP contribution in [0.25, 0.3) is 0 Å². The lowest BCUT2D eigenvalue weighted by Crippen LogP contribution is -2.35. The summed E-state index contributed by atoms with van der Waals surface area (Å²) in [7, 11) is 0. The molecule has 0 spiro atoms. The Bertz CT molecular complexity index is 370. The number of likely N-dealkylation sites (tertiary alicyclic amines) is 1. The summed E-state index contributed by atoms with van der Waals surface area (Å²) in [5, 5.41) is 0. The average molecular weight is 236 g/mol. The van der Waals surface area contributed by atoms with Gasteiger partial charge in [0.05, 0.1) is 0 Å². The standard InChI is InChI=1S/C14H21FN2/c1-11-2-3-13(8-14(11)15)10-17-6-4-12(9-16)5-7-17/h2-3,8,12H,4-7,9-10,16H2,1H3. The number of rotatable bonds is 3. The van der Waals surface area contributed by atoms with Gasteiger partial charge in [0.25, 0.3) is 0 Å². The van der Waals surface area contributed by atoms with Gasteiger partial charge in [-0.05, 0) is 62.5 Å². The molecule has 0 bridgehead atoms. The number of benzene rings is 1. The minimum atomic E-state index is -0.0978. The molecule has 3 heteroatoms. The van der Waals surface area contributed by atoms with Crippen LogP contribution in [0, 0.1) is 18.7 Å². The number of nitrogens with two attached hydrogens (primary N) is 1. The molecule has 0 radical (unpaired) electrons. The molecule has 2 N–H and O–H groups in total. The van der Waals surface area contributed by atoms with Crippen LogP contribution in [0.3, 0.4) is 0 Å². The lowest BCUT2D eigenvalue weighted by molar-refractivity contribution is 0.180. The van der Waals surface area contributed by atoms with E-state index in [9.17, 15) is 4.39 Å². The van der Waals surface area contributed by atoms with Crippen molar-refractivity contribution in [3.8, 4) is 0 Å². The SMILES string of the molecule is Cc1ccc(CN2CCC(CN)CC2)cc1F. The fourth-order valence-electron chi connectivity index (χ4n) is 2.37. The molecule has 2 rings (SSSR count). The molecule has 1 saturated heterocycles. The molecule has 0 saturated carbocycles. The second-order valence-electron chi connectivity index (χ2n) is 5.04. The normalized spacial score (nSPS) is 18.5. The Morgan fingerprint density at radius 1 is 1.35 bits per heavy atom. The van der Waals surface area contributed by atoms with Gasteiger partial charge in [0.1, 0.15) is 5.82 Å². The third-order valence-corrected chi connectivity index (χ3v) is 3.68. The zero-order valence-corrected chi connectivity index (χ0v) is 10.5. The Labute approximate surface area is 103 Å². The predicted octanol–water partition coefficient (Wildman–Crippen LogP) is 2.30. The maximum Gasteiger partial charge on any atom is 0.126 e. The molecule has 17 heavy (non-hydrogen) atoms. The lowest BCUT2D eigenvalue weighted by atomic mass is 9.97. The van der Waals surface area contributed by atoms with Gasteiger partial charge in [0.15, 0.2) is 0 Å². The second kappa shape index (κ2) is 5.61. The Morgan fingerprint density at radius 2 is 2.06 bits per heavy atom. The van der Waals surface area contributed by atoms with Crippen molar-refractivity contribution in [2.45, 2.75) is 26.3 Å². The first-order valence-corrected chi connectivity index (χ1v) is 6.36. The van der Waals surface area contributed by atoms with Crippen LogP contribution < -0.4 is 5.73 Å². The van der Waals surface area contributed by atoms with E-state index in [1.807, 2.05) is 12.1 Å². The maximum atomic E-state index is 13.4. The van der Waals surface area contributed by atoms with Crippen LogP contribution in [0.1, 0.15) is 24.0 Å². The quantitative estimate of drug-likeness (QED) is 0.872. The van der Waals surface area contributed by atoms with E-state index in [4.69, 9.17) is 5.73 Å². The highest BCUT2D eigenvalue weighted by Crippen LogP contribution is 2.18. The van der Waals surface area contributed by atoms with E-state index in [1.54, 1.807) is 13.0 Å². The third kappa shape index (κ3) is 3.27. The van der Waals surface area contributed by atoms with Crippen molar-refractivity contribution >= 4 is 0 Å². The van der Waals surface area contributed by atoms with Gasteiger partial charge in [0, 0.05) is 6.54 Å². The highest BCUT2D eigenvalue weighted by molar-refractivity contribution is 5.23. The molecule has 1 aliphatic rings. The van der Waals surface area contributed by atoms with E-state index in [1.165, 1.54) is 12.8 Å². The van der Waals surface area contributed by atoms with Crippen molar-refractivity contribution in [3.63, 3.8) is 0 Å². The van der Waals surface area contributed by atoms with E-state index in [0.29, 0.717) is 5.92 Å². The van der Waals surface area contributed by atoms with Gasteiger partial charge in [-0.15, -0.1) is 0 Å². The fraction of sp³-hybridized carbons (Fsp3) is 0.571. The third-order valence-electron chi connectivity index (χ3n) is 3.68. The Kier molecular flexibility index (Phi) is 4.13. The number of hydrogen-bond acceptors (Lipinski definition) is 2. The topological polar surface area (TPSA) is 29.3 Å². The minimum absolute atomic E-state index is 0.0978. The number of piperidine rings is 1. The molecule has 1 aliphatic heterocycles. The summed E-state index contributed by atoms with van der Waals surface area (Å²) in [4.78, 5) is 2.39. The fourth-order valence-corrected chi connectivity index (χ4v) is 2.37. The summed E-state index contributed by atoms with van der Waals surface area (Å²) < 4.78 is 13.4. The zero-order chi connectivity index (χ0) is 12.3. The molecule has 0 aromatic heterocycles. The van der Waals surface area contributed by atoms with Crippen LogP contribution >= 0.6 is 0 Å². The van der Waals surface area contributed by atoms with Crippen molar-refractivity contribution < 1.29 is 4.39 Å². The number of nitrogens with zero attached hydrogens (tertiary/aromatic N) is 1. The summed E-state index contributed by atoms with van der Waals surface area (Å²) >= 11 is 0. The van der Waals surface area contributed by atoms with Gasteiger partial charge in [-0.25, -0.2) is 4.39 Å². The summed E-state index contributed by atoms with van der Waals surface area (Å²) in [6.45, 7) is 5.61. The van der Waals surface area contributed by atoms with Gasteiger partial charge < -0.3 is 5.73 Å². The molecule has 1 aromatic carbocycles. The van der Waals surface area contributed by atoms with Crippen molar-refractivity contribution in [1.82, 2.24) is 4.90 Å². The van der Waals surface area contributed by atoms with E-state index in [0.717, 1.165) is 37.3 Å². The monoisotopic (exact) mass is 236 g/mol. The lowest BCUT2D eigenvalue weighted by Gasteiger charge is -2.31. The molecule has 1 heterocycles. The van der Waals surface area contributed by atoms with Crippen molar-refractivity contribution in [2.24, 2.45) is 11.7 Å².